The number of pyridine rings is 1. The Bertz CT molecular complexity index is 787. The van der Waals surface area contributed by atoms with E-state index in [0.717, 1.165) is 36.2 Å². The molecule has 1 unspecified atom stereocenters. The molecule has 4 heteroatoms. The summed E-state index contributed by atoms with van der Waals surface area (Å²) in [6.07, 6.45) is 5.02. The molecule has 0 radical (unpaired) electrons. The first-order valence-corrected chi connectivity index (χ1v) is 8.16. The maximum Gasteiger partial charge on any atom is 0.142 e. The second-order valence-electron chi connectivity index (χ2n) is 7.59. The van der Waals surface area contributed by atoms with Gasteiger partial charge in [0.05, 0.1) is 0 Å². The van der Waals surface area contributed by atoms with Crippen LogP contribution in [-0.4, -0.2) is 9.55 Å². The molecule has 2 aromatic heterocycles. The molecule has 2 heterocycles. The smallest absolute Gasteiger partial charge is 0.142 e. The van der Waals surface area contributed by atoms with Crippen molar-refractivity contribution in [2.45, 2.75) is 40.0 Å². The summed E-state index contributed by atoms with van der Waals surface area (Å²) in [4.78, 5) is 4.55. The van der Waals surface area contributed by atoms with Gasteiger partial charge in [-0.3, -0.25) is 0 Å². The molecule has 0 fully saturated rings. The molecule has 2 aromatic rings. The lowest BCUT2D eigenvalue weighted by molar-refractivity contribution is 0.215. The van der Waals surface area contributed by atoms with Gasteiger partial charge in [-0.1, -0.05) is 20.8 Å². The predicted octanol–water partition coefficient (Wildman–Crippen LogP) is 3.69. The summed E-state index contributed by atoms with van der Waals surface area (Å²) in [5, 5.41) is 9.64. The fraction of sp³-hybridized carbons (Fsp3) is 0.474. The van der Waals surface area contributed by atoms with Crippen molar-refractivity contribution in [3.63, 3.8) is 0 Å². The van der Waals surface area contributed by atoms with Crippen molar-refractivity contribution in [3.05, 3.63) is 35.2 Å². The van der Waals surface area contributed by atoms with E-state index < -0.39 is 0 Å². The molecule has 0 saturated heterocycles. The first-order chi connectivity index (χ1) is 10.8. The lowest BCUT2D eigenvalue weighted by Gasteiger charge is -2.35. The van der Waals surface area contributed by atoms with Crippen molar-refractivity contribution < 1.29 is 0 Å². The maximum absolute atomic E-state index is 9.64. The van der Waals surface area contributed by atoms with Crippen LogP contribution in [0.3, 0.4) is 0 Å². The average molecular weight is 308 g/mol. The summed E-state index contributed by atoms with van der Waals surface area (Å²) in [7, 11) is 2.00. The minimum Gasteiger partial charge on any atom is -0.383 e. The average Bonchev–Trinajstić information content (AvgIpc) is 2.90. The highest BCUT2D eigenvalue weighted by Gasteiger charge is 2.32. The monoisotopic (exact) mass is 308 g/mol. The van der Waals surface area contributed by atoms with E-state index in [1.54, 1.807) is 0 Å². The molecular weight excluding hydrogens is 284 g/mol. The maximum atomic E-state index is 9.64. The van der Waals surface area contributed by atoms with Crippen molar-refractivity contribution in [1.82, 2.24) is 9.55 Å². The van der Waals surface area contributed by atoms with Crippen LogP contribution in [0.1, 0.15) is 44.0 Å². The van der Waals surface area contributed by atoms with Gasteiger partial charge in [0, 0.05) is 30.2 Å². The van der Waals surface area contributed by atoms with E-state index >= 15 is 0 Å². The Hall–Kier alpha value is -2.28. The Labute approximate surface area is 138 Å². The van der Waals surface area contributed by atoms with Crippen molar-refractivity contribution in [3.8, 4) is 17.3 Å². The number of nitriles is 1. The molecule has 1 atom stereocenters. The van der Waals surface area contributed by atoms with Crippen LogP contribution in [0.15, 0.2) is 18.3 Å². The first kappa shape index (κ1) is 15.6. The number of anilines is 1. The van der Waals surface area contributed by atoms with Gasteiger partial charge in [0.1, 0.15) is 17.5 Å². The SMILES string of the molecule is Cn1cccc1-c1c(C#N)c(N)nc2c1CC(C(C)(C)C)CC2. The van der Waals surface area contributed by atoms with Gasteiger partial charge in [-0.2, -0.15) is 5.26 Å². The number of aryl methyl sites for hydroxylation is 2. The van der Waals surface area contributed by atoms with Crippen molar-refractivity contribution >= 4 is 5.82 Å². The number of nitrogens with zero attached hydrogens (tertiary/aromatic N) is 3. The van der Waals surface area contributed by atoms with E-state index in [2.05, 4.69) is 42.5 Å². The molecule has 0 saturated carbocycles. The third-order valence-electron chi connectivity index (χ3n) is 5.13. The predicted molar refractivity (Wildman–Crippen MR) is 92.7 cm³/mol. The molecule has 2 N–H and O–H groups in total. The highest BCUT2D eigenvalue weighted by Crippen LogP contribution is 2.42. The second kappa shape index (κ2) is 5.42. The van der Waals surface area contributed by atoms with Crippen LogP contribution in [-0.2, 0) is 19.9 Å². The highest BCUT2D eigenvalue weighted by molar-refractivity contribution is 5.77. The van der Waals surface area contributed by atoms with E-state index in [4.69, 9.17) is 5.73 Å². The lowest BCUT2D eigenvalue weighted by atomic mass is 9.70. The summed E-state index contributed by atoms with van der Waals surface area (Å²) < 4.78 is 2.05. The Morgan fingerprint density at radius 2 is 2.13 bits per heavy atom. The molecule has 0 aromatic carbocycles. The summed E-state index contributed by atoms with van der Waals surface area (Å²) in [5.41, 5.74) is 11.2. The molecule has 23 heavy (non-hydrogen) atoms. The zero-order valence-corrected chi connectivity index (χ0v) is 14.3. The lowest BCUT2D eigenvalue weighted by Crippen LogP contribution is -2.28. The van der Waals surface area contributed by atoms with Crippen LogP contribution in [0.2, 0.25) is 0 Å². The minimum absolute atomic E-state index is 0.247. The first-order valence-electron chi connectivity index (χ1n) is 8.16. The van der Waals surface area contributed by atoms with Gasteiger partial charge < -0.3 is 10.3 Å². The van der Waals surface area contributed by atoms with Gasteiger partial charge >= 0.3 is 0 Å². The quantitative estimate of drug-likeness (QED) is 0.873. The van der Waals surface area contributed by atoms with Crippen LogP contribution >= 0.6 is 0 Å². The molecule has 3 rings (SSSR count). The van der Waals surface area contributed by atoms with Crippen LogP contribution in [0.4, 0.5) is 5.82 Å². The van der Waals surface area contributed by atoms with E-state index in [0.29, 0.717) is 17.3 Å². The topological polar surface area (TPSA) is 67.6 Å². The third-order valence-corrected chi connectivity index (χ3v) is 5.13. The van der Waals surface area contributed by atoms with Crippen LogP contribution < -0.4 is 5.73 Å². The van der Waals surface area contributed by atoms with Crippen LogP contribution in [0, 0.1) is 22.7 Å². The number of hydrogen-bond donors (Lipinski definition) is 1. The molecule has 4 nitrogen and oxygen atoms in total. The highest BCUT2D eigenvalue weighted by atomic mass is 14.9. The zero-order chi connectivity index (χ0) is 16.8. The normalized spacial score (nSPS) is 17.6. The van der Waals surface area contributed by atoms with E-state index in [1.165, 1.54) is 5.56 Å². The molecule has 1 aliphatic rings. The number of fused-ring (bicyclic) bond motifs is 1. The standard InChI is InChI=1S/C19H24N4/c1-19(2,3)12-7-8-15-13(10-12)17(14(11-20)18(21)22-15)16-6-5-9-23(16)4/h5-6,9,12H,7-8,10H2,1-4H3,(H2,21,22). The largest absolute Gasteiger partial charge is 0.383 e. The van der Waals surface area contributed by atoms with Crippen LogP contribution in [0.25, 0.3) is 11.3 Å². The Kier molecular flexibility index (Phi) is 3.68. The summed E-state index contributed by atoms with van der Waals surface area (Å²) in [6, 6.07) is 6.34. The van der Waals surface area contributed by atoms with Crippen molar-refractivity contribution in [2.75, 3.05) is 5.73 Å². The van der Waals surface area contributed by atoms with Crippen molar-refractivity contribution in [1.29, 1.82) is 5.26 Å². The third kappa shape index (κ3) is 2.61. The molecule has 0 bridgehead atoms. The van der Waals surface area contributed by atoms with Gasteiger partial charge in [0.2, 0.25) is 0 Å². The van der Waals surface area contributed by atoms with Crippen molar-refractivity contribution in [2.24, 2.45) is 18.4 Å². The zero-order valence-electron chi connectivity index (χ0n) is 14.3. The van der Waals surface area contributed by atoms with Gasteiger partial charge in [0.25, 0.3) is 0 Å². The van der Waals surface area contributed by atoms with E-state index in [1.807, 2.05) is 19.3 Å². The van der Waals surface area contributed by atoms with Crippen LogP contribution in [0.5, 0.6) is 0 Å². The summed E-state index contributed by atoms with van der Waals surface area (Å²) >= 11 is 0. The Morgan fingerprint density at radius 1 is 1.39 bits per heavy atom. The molecular formula is C19H24N4. The van der Waals surface area contributed by atoms with Gasteiger partial charge in [-0.15, -0.1) is 0 Å². The Balaban J connectivity index is 2.24. The fourth-order valence-electron chi connectivity index (χ4n) is 3.63. The number of rotatable bonds is 1. The number of aromatic nitrogens is 2. The minimum atomic E-state index is 0.247. The Morgan fingerprint density at radius 3 is 2.70 bits per heavy atom. The molecule has 0 aliphatic heterocycles. The summed E-state index contributed by atoms with van der Waals surface area (Å²) in [5.74, 6) is 0.947. The van der Waals surface area contributed by atoms with E-state index in [9.17, 15) is 5.26 Å². The van der Waals surface area contributed by atoms with Gasteiger partial charge in [0.15, 0.2) is 0 Å². The van der Waals surface area contributed by atoms with Gasteiger partial charge in [-0.25, -0.2) is 4.98 Å². The molecule has 0 spiro atoms. The number of hydrogen-bond acceptors (Lipinski definition) is 3. The molecule has 120 valence electrons. The van der Waals surface area contributed by atoms with E-state index in [-0.39, 0.29) is 5.41 Å². The fourth-order valence-corrected chi connectivity index (χ4v) is 3.63. The number of nitrogens with two attached hydrogens (primary N) is 1. The summed E-state index contributed by atoms with van der Waals surface area (Å²) in [6.45, 7) is 6.88. The van der Waals surface area contributed by atoms with Gasteiger partial charge in [-0.05, 0) is 48.3 Å². The molecule has 0 amide bonds. The second-order valence-corrected chi connectivity index (χ2v) is 7.59. The molecule has 1 aliphatic carbocycles. The number of nitrogen functional groups attached to an aromatic ring is 1.